The number of aryl methyl sites for hydroxylation is 1. The number of rotatable bonds is 4. The third kappa shape index (κ3) is 3.81. The molecule has 0 bridgehead atoms. The van der Waals surface area contributed by atoms with Gasteiger partial charge >= 0.3 is 11.6 Å². The highest BCUT2D eigenvalue weighted by molar-refractivity contribution is 5.84. The lowest BCUT2D eigenvalue weighted by atomic mass is 10.1. The van der Waals surface area contributed by atoms with Crippen LogP contribution in [0.4, 0.5) is 0 Å². The minimum Gasteiger partial charge on any atom is -0.458 e. The van der Waals surface area contributed by atoms with E-state index in [1.54, 1.807) is 0 Å². The molecule has 1 aromatic heterocycles. The minimum absolute atomic E-state index is 0.0518. The molecule has 0 saturated carbocycles. The standard InChI is InChI=1S/C17H18O4/c1-4-12-5-6-14-13(9-17(19)21-15(14)8-12)10-20-16(18)7-11(2)3/h5-9H,4,10H2,1-3H3. The van der Waals surface area contributed by atoms with E-state index in [-0.39, 0.29) is 6.61 Å². The summed E-state index contributed by atoms with van der Waals surface area (Å²) in [5.74, 6) is -0.415. The van der Waals surface area contributed by atoms with Crippen LogP contribution in [0.1, 0.15) is 31.9 Å². The first-order valence-corrected chi connectivity index (χ1v) is 6.87. The SMILES string of the molecule is CCc1ccc2c(COC(=O)C=C(C)C)cc(=O)oc2c1. The van der Waals surface area contributed by atoms with E-state index in [1.165, 1.54) is 12.1 Å². The van der Waals surface area contributed by atoms with Gasteiger partial charge in [0.15, 0.2) is 0 Å². The summed E-state index contributed by atoms with van der Waals surface area (Å²) in [7, 11) is 0. The first-order chi connectivity index (χ1) is 9.99. The van der Waals surface area contributed by atoms with Gasteiger partial charge in [0, 0.05) is 23.1 Å². The molecule has 2 rings (SSSR count). The van der Waals surface area contributed by atoms with Gasteiger partial charge in [-0.15, -0.1) is 0 Å². The van der Waals surface area contributed by atoms with Crippen molar-refractivity contribution in [3.8, 4) is 0 Å². The smallest absolute Gasteiger partial charge is 0.336 e. The zero-order chi connectivity index (χ0) is 15.4. The molecule has 21 heavy (non-hydrogen) atoms. The predicted molar refractivity (Wildman–Crippen MR) is 81.1 cm³/mol. The molecule has 0 atom stereocenters. The highest BCUT2D eigenvalue weighted by Gasteiger charge is 2.08. The molecule has 1 aromatic carbocycles. The quantitative estimate of drug-likeness (QED) is 0.491. The van der Waals surface area contributed by atoms with E-state index in [9.17, 15) is 9.59 Å². The summed E-state index contributed by atoms with van der Waals surface area (Å²) in [4.78, 5) is 23.2. The van der Waals surface area contributed by atoms with E-state index in [2.05, 4.69) is 0 Å². The molecule has 1 heterocycles. The van der Waals surface area contributed by atoms with Crippen molar-refractivity contribution < 1.29 is 13.9 Å². The second-order valence-corrected chi connectivity index (χ2v) is 5.10. The lowest BCUT2D eigenvalue weighted by Crippen LogP contribution is -2.06. The van der Waals surface area contributed by atoms with Gasteiger partial charge in [0.2, 0.25) is 0 Å². The first-order valence-electron chi connectivity index (χ1n) is 6.87. The highest BCUT2D eigenvalue weighted by Crippen LogP contribution is 2.19. The molecule has 0 unspecified atom stereocenters. The summed E-state index contributed by atoms with van der Waals surface area (Å²) >= 11 is 0. The number of carbonyl (C=O) groups is 1. The Balaban J connectivity index is 2.33. The molecule has 0 spiro atoms. The third-order valence-corrected chi connectivity index (χ3v) is 3.08. The number of esters is 1. The van der Waals surface area contributed by atoms with E-state index in [0.717, 1.165) is 22.9 Å². The molecule has 4 heteroatoms. The third-order valence-electron chi connectivity index (χ3n) is 3.08. The maximum Gasteiger partial charge on any atom is 0.336 e. The van der Waals surface area contributed by atoms with Crippen LogP contribution in [0.25, 0.3) is 11.0 Å². The number of hydrogen-bond donors (Lipinski definition) is 0. The monoisotopic (exact) mass is 286 g/mol. The molecular weight excluding hydrogens is 268 g/mol. The summed E-state index contributed by atoms with van der Waals surface area (Å²) in [6.45, 7) is 5.72. The van der Waals surface area contributed by atoms with E-state index < -0.39 is 11.6 Å². The van der Waals surface area contributed by atoms with Crippen molar-refractivity contribution >= 4 is 16.9 Å². The fourth-order valence-corrected chi connectivity index (χ4v) is 2.04. The van der Waals surface area contributed by atoms with E-state index in [0.29, 0.717) is 11.1 Å². The molecule has 2 aromatic rings. The van der Waals surface area contributed by atoms with Crippen molar-refractivity contribution in [1.29, 1.82) is 0 Å². The maximum atomic E-state index is 11.6. The Bertz CT molecular complexity index is 749. The molecule has 0 fully saturated rings. The van der Waals surface area contributed by atoms with Crippen LogP contribution in [-0.2, 0) is 22.6 Å². The second kappa shape index (κ2) is 6.39. The van der Waals surface area contributed by atoms with Crippen molar-refractivity contribution in [3.05, 3.63) is 57.5 Å². The Labute approximate surface area is 123 Å². The maximum absolute atomic E-state index is 11.6. The van der Waals surface area contributed by atoms with Crippen molar-refractivity contribution in [2.75, 3.05) is 0 Å². The van der Waals surface area contributed by atoms with Gasteiger partial charge in [-0.3, -0.25) is 0 Å². The molecule has 0 N–H and O–H groups in total. The molecule has 4 nitrogen and oxygen atoms in total. The van der Waals surface area contributed by atoms with Gasteiger partial charge in [-0.05, 0) is 31.9 Å². The zero-order valence-electron chi connectivity index (χ0n) is 12.4. The fourth-order valence-electron chi connectivity index (χ4n) is 2.04. The van der Waals surface area contributed by atoms with Crippen LogP contribution < -0.4 is 5.63 Å². The highest BCUT2D eigenvalue weighted by atomic mass is 16.5. The van der Waals surface area contributed by atoms with Crippen LogP contribution in [-0.4, -0.2) is 5.97 Å². The van der Waals surface area contributed by atoms with Crippen LogP contribution in [0.2, 0.25) is 0 Å². The molecule has 0 saturated heterocycles. The Morgan fingerprint density at radius 3 is 2.71 bits per heavy atom. The minimum atomic E-state index is -0.441. The van der Waals surface area contributed by atoms with Gasteiger partial charge in [0.05, 0.1) is 0 Å². The van der Waals surface area contributed by atoms with Crippen LogP contribution in [0.5, 0.6) is 0 Å². The number of carbonyl (C=O) groups excluding carboxylic acids is 1. The van der Waals surface area contributed by atoms with Crippen LogP contribution >= 0.6 is 0 Å². The van der Waals surface area contributed by atoms with Crippen LogP contribution in [0.3, 0.4) is 0 Å². The fraction of sp³-hybridized carbons (Fsp3) is 0.294. The second-order valence-electron chi connectivity index (χ2n) is 5.10. The lowest BCUT2D eigenvalue weighted by Gasteiger charge is -2.07. The Morgan fingerprint density at radius 1 is 1.29 bits per heavy atom. The molecule has 0 amide bonds. The van der Waals surface area contributed by atoms with Crippen molar-refractivity contribution in [2.24, 2.45) is 0 Å². The molecule has 0 aliphatic rings. The first kappa shape index (κ1) is 15.0. The van der Waals surface area contributed by atoms with Crippen molar-refractivity contribution in [1.82, 2.24) is 0 Å². The predicted octanol–water partition coefficient (Wildman–Crippen LogP) is 3.36. The van der Waals surface area contributed by atoms with Crippen molar-refractivity contribution in [2.45, 2.75) is 33.8 Å². The van der Waals surface area contributed by atoms with Gasteiger partial charge in [0.25, 0.3) is 0 Å². The van der Waals surface area contributed by atoms with Crippen LogP contribution in [0, 0.1) is 0 Å². The number of allylic oxidation sites excluding steroid dienone is 1. The summed E-state index contributed by atoms with van der Waals surface area (Å²) in [5, 5.41) is 0.789. The average Bonchev–Trinajstić information content (AvgIpc) is 2.43. The number of benzene rings is 1. The molecule has 0 aliphatic carbocycles. The topological polar surface area (TPSA) is 56.5 Å². The summed E-state index contributed by atoms with van der Waals surface area (Å²) in [6, 6.07) is 7.08. The molecule has 110 valence electrons. The van der Waals surface area contributed by atoms with E-state index in [1.807, 2.05) is 39.0 Å². The van der Waals surface area contributed by atoms with E-state index >= 15 is 0 Å². The van der Waals surface area contributed by atoms with Gasteiger partial charge in [0.1, 0.15) is 12.2 Å². The van der Waals surface area contributed by atoms with Crippen LogP contribution in [0.15, 0.2) is 45.1 Å². The Morgan fingerprint density at radius 2 is 2.05 bits per heavy atom. The summed E-state index contributed by atoms with van der Waals surface area (Å²) in [6.07, 6.45) is 2.28. The molecule has 0 radical (unpaired) electrons. The van der Waals surface area contributed by atoms with Gasteiger partial charge in [-0.1, -0.05) is 24.6 Å². The Kier molecular flexibility index (Phi) is 4.58. The normalized spacial score (nSPS) is 10.4. The number of ether oxygens (including phenoxy) is 1. The largest absolute Gasteiger partial charge is 0.458 e. The Hall–Kier alpha value is -2.36. The van der Waals surface area contributed by atoms with Gasteiger partial charge in [-0.25, -0.2) is 9.59 Å². The number of fused-ring (bicyclic) bond motifs is 1. The van der Waals surface area contributed by atoms with Gasteiger partial charge in [-0.2, -0.15) is 0 Å². The van der Waals surface area contributed by atoms with E-state index in [4.69, 9.17) is 9.15 Å². The van der Waals surface area contributed by atoms with Gasteiger partial charge < -0.3 is 9.15 Å². The lowest BCUT2D eigenvalue weighted by molar-refractivity contribution is -0.139. The molecular formula is C17H18O4. The molecule has 0 aliphatic heterocycles. The zero-order valence-corrected chi connectivity index (χ0v) is 12.4. The summed E-state index contributed by atoms with van der Waals surface area (Å²) < 4.78 is 10.4. The summed E-state index contributed by atoms with van der Waals surface area (Å²) in [5.41, 5.74) is 2.69. The number of hydrogen-bond acceptors (Lipinski definition) is 4. The average molecular weight is 286 g/mol. The van der Waals surface area contributed by atoms with Crippen molar-refractivity contribution in [3.63, 3.8) is 0 Å².